The minimum Gasteiger partial charge on any atom is -0.361 e. The van der Waals surface area contributed by atoms with E-state index in [4.69, 9.17) is 4.52 Å². The van der Waals surface area contributed by atoms with Crippen LogP contribution in [0.1, 0.15) is 48.3 Å². The Bertz CT molecular complexity index is 851. The van der Waals surface area contributed by atoms with Crippen LogP contribution in [0.25, 0.3) is 0 Å². The van der Waals surface area contributed by atoms with Gasteiger partial charge in [0.1, 0.15) is 5.76 Å². The monoisotopic (exact) mass is 395 g/mol. The third kappa shape index (κ3) is 5.05. The van der Waals surface area contributed by atoms with Crippen LogP contribution in [0, 0.1) is 18.8 Å². The first-order chi connectivity index (χ1) is 14.1. The molecule has 2 atom stereocenters. The highest BCUT2D eigenvalue weighted by Crippen LogP contribution is 2.27. The van der Waals surface area contributed by atoms with Crippen molar-refractivity contribution in [2.75, 3.05) is 6.54 Å². The lowest BCUT2D eigenvalue weighted by atomic mass is 9.85. The summed E-state index contributed by atoms with van der Waals surface area (Å²) in [5.41, 5.74) is 3.39. The van der Waals surface area contributed by atoms with E-state index in [1.165, 1.54) is 11.1 Å². The molecule has 0 aliphatic heterocycles. The molecule has 29 heavy (non-hydrogen) atoms. The second kappa shape index (κ2) is 8.80. The molecule has 1 heterocycles. The van der Waals surface area contributed by atoms with E-state index in [9.17, 15) is 9.59 Å². The van der Waals surface area contributed by atoms with Gasteiger partial charge in [0.15, 0.2) is 0 Å². The molecule has 0 saturated heterocycles. The minimum absolute atomic E-state index is 0.0282. The number of carbonyl (C=O) groups excluding carboxylic acids is 2. The average molecular weight is 396 g/mol. The first-order valence-corrected chi connectivity index (χ1v) is 10.6. The van der Waals surface area contributed by atoms with E-state index in [-0.39, 0.29) is 30.2 Å². The van der Waals surface area contributed by atoms with Crippen molar-refractivity contribution in [1.29, 1.82) is 0 Å². The predicted molar refractivity (Wildman–Crippen MR) is 109 cm³/mol. The standard InChI is InChI=1S/C23H29N3O3/c1-15-9-21(29-26-15)13-22(27)25-20-8-4-5-16(10-20)14-24-23(28)19-11-17-6-2-3-7-18(17)12-19/h2-3,6-7,9,16,19-20H,4-5,8,10-14H2,1H3,(H,24,28)(H,25,27)/t16-,20+/m1/s1. The fourth-order valence-electron chi connectivity index (χ4n) is 4.68. The molecule has 0 unspecified atom stereocenters. The van der Waals surface area contributed by atoms with Gasteiger partial charge in [0.2, 0.25) is 11.8 Å². The third-order valence-corrected chi connectivity index (χ3v) is 6.15. The lowest BCUT2D eigenvalue weighted by Crippen LogP contribution is -2.42. The van der Waals surface area contributed by atoms with Crippen LogP contribution in [-0.2, 0) is 28.9 Å². The molecule has 0 spiro atoms. The molecule has 2 amide bonds. The van der Waals surface area contributed by atoms with Crippen molar-refractivity contribution in [2.24, 2.45) is 11.8 Å². The molecule has 6 heteroatoms. The van der Waals surface area contributed by atoms with Crippen molar-refractivity contribution in [3.05, 3.63) is 52.9 Å². The van der Waals surface area contributed by atoms with Gasteiger partial charge in [-0.2, -0.15) is 0 Å². The van der Waals surface area contributed by atoms with E-state index >= 15 is 0 Å². The average Bonchev–Trinajstić information content (AvgIpc) is 3.32. The van der Waals surface area contributed by atoms with Crippen molar-refractivity contribution in [3.8, 4) is 0 Å². The van der Waals surface area contributed by atoms with Crippen molar-refractivity contribution in [3.63, 3.8) is 0 Å². The SMILES string of the molecule is Cc1cc(CC(=O)N[C@H]2CCC[C@@H](CNC(=O)C3Cc4ccccc4C3)C2)on1. The Morgan fingerprint density at radius 3 is 2.62 bits per heavy atom. The number of fused-ring (bicyclic) bond motifs is 1. The number of amides is 2. The van der Waals surface area contributed by atoms with Gasteiger partial charge in [-0.3, -0.25) is 9.59 Å². The van der Waals surface area contributed by atoms with Gasteiger partial charge in [-0.15, -0.1) is 0 Å². The molecular formula is C23H29N3O3. The fraction of sp³-hybridized carbons (Fsp3) is 0.522. The number of nitrogens with zero attached hydrogens (tertiary/aromatic N) is 1. The van der Waals surface area contributed by atoms with Crippen LogP contribution in [0.3, 0.4) is 0 Å². The van der Waals surface area contributed by atoms with E-state index in [1.54, 1.807) is 6.07 Å². The molecule has 154 valence electrons. The Balaban J connectivity index is 1.21. The Morgan fingerprint density at radius 2 is 1.93 bits per heavy atom. The molecule has 1 aromatic heterocycles. The second-order valence-electron chi connectivity index (χ2n) is 8.53. The molecule has 2 N–H and O–H groups in total. The molecule has 0 bridgehead atoms. The lowest BCUT2D eigenvalue weighted by molar-refractivity contribution is -0.125. The van der Waals surface area contributed by atoms with Crippen LogP contribution in [-0.4, -0.2) is 29.6 Å². The summed E-state index contributed by atoms with van der Waals surface area (Å²) in [7, 11) is 0. The highest BCUT2D eigenvalue weighted by Gasteiger charge is 2.28. The van der Waals surface area contributed by atoms with E-state index < -0.39 is 0 Å². The Hall–Kier alpha value is -2.63. The minimum atomic E-state index is -0.0282. The number of rotatable bonds is 6. The normalized spacial score (nSPS) is 21.6. The van der Waals surface area contributed by atoms with Crippen LogP contribution in [0.15, 0.2) is 34.9 Å². The van der Waals surface area contributed by atoms with Crippen LogP contribution in [0.4, 0.5) is 0 Å². The number of nitrogens with one attached hydrogen (secondary N) is 2. The zero-order chi connectivity index (χ0) is 20.2. The quantitative estimate of drug-likeness (QED) is 0.788. The fourth-order valence-corrected chi connectivity index (χ4v) is 4.68. The van der Waals surface area contributed by atoms with Gasteiger partial charge >= 0.3 is 0 Å². The van der Waals surface area contributed by atoms with Crippen molar-refractivity contribution < 1.29 is 14.1 Å². The smallest absolute Gasteiger partial charge is 0.227 e. The van der Waals surface area contributed by atoms with Gasteiger partial charge < -0.3 is 15.2 Å². The maximum atomic E-state index is 12.6. The van der Waals surface area contributed by atoms with Gasteiger partial charge in [-0.05, 0) is 56.1 Å². The maximum absolute atomic E-state index is 12.6. The van der Waals surface area contributed by atoms with Crippen molar-refractivity contribution >= 4 is 11.8 Å². The van der Waals surface area contributed by atoms with Gasteiger partial charge in [0.05, 0.1) is 12.1 Å². The summed E-state index contributed by atoms with van der Waals surface area (Å²) in [6.45, 7) is 2.54. The number of hydrogen-bond donors (Lipinski definition) is 2. The highest BCUT2D eigenvalue weighted by molar-refractivity contribution is 5.80. The molecule has 1 saturated carbocycles. The number of benzene rings is 1. The summed E-state index contributed by atoms with van der Waals surface area (Å²) in [6.07, 6.45) is 5.97. The van der Waals surface area contributed by atoms with Crippen molar-refractivity contribution in [2.45, 2.75) is 57.9 Å². The number of carbonyl (C=O) groups is 2. The summed E-state index contributed by atoms with van der Waals surface area (Å²) < 4.78 is 5.12. The third-order valence-electron chi connectivity index (χ3n) is 6.15. The molecule has 0 radical (unpaired) electrons. The summed E-state index contributed by atoms with van der Waals surface area (Å²) in [5, 5.41) is 10.1. The molecule has 4 rings (SSSR count). The van der Waals surface area contributed by atoms with E-state index in [2.05, 4.69) is 27.9 Å². The number of aromatic nitrogens is 1. The molecule has 2 aliphatic carbocycles. The van der Waals surface area contributed by atoms with Crippen LogP contribution in [0.2, 0.25) is 0 Å². The zero-order valence-corrected chi connectivity index (χ0v) is 16.9. The Morgan fingerprint density at radius 1 is 1.17 bits per heavy atom. The molecule has 2 aromatic rings. The summed E-state index contributed by atoms with van der Waals surface area (Å²) in [6, 6.07) is 10.3. The largest absolute Gasteiger partial charge is 0.361 e. The first kappa shape index (κ1) is 19.7. The van der Waals surface area contributed by atoms with Gasteiger partial charge in [-0.25, -0.2) is 0 Å². The zero-order valence-electron chi connectivity index (χ0n) is 16.9. The van der Waals surface area contributed by atoms with Gasteiger partial charge in [0.25, 0.3) is 0 Å². The van der Waals surface area contributed by atoms with Crippen LogP contribution in [0.5, 0.6) is 0 Å². The van der Waals surface area contributed by atoms with Crippen LogP contribution >= 0.6 is 0 Å². The molecule has 6 nitrogen and oxygen atoms in total. The summed E-state index contributed by atoms with van der Waals surface area (Å²) in [4.78, 5) is 24.9. The molecule has 2 aliphatic rings. The predicted octanol–water partition coefficient (Wildman–Crippen LogP) is 2.73. The van der Waals surface area contributed by atoms with E-state index in [1.807, 2.05) is 19.1 Å². The van der Waals surface area contributed by atoms with Crippen molar-refractivity contribution in [1.82, 2.24) is 15.8 Å². The molecule has 1 fully saturated rings. The van der Waals surface area contributed by atoms with Crippen LogP contribution < -0.4 is 10.6 Å². The Kier molecular flexibility index (Phi) is 5.97. The highest BCUT2D eigenvalue weighted by atomic mass is 16.5. The topological polar surface area (TPSA) is 84.2 Å². The van der Waals surface area contributed by atoms with Gasteiger partial charge in [-0.1, -0.05) is 35.8 Å². The second-order valence-corrected chi connectivity index (χ2v) is 8.53. The molecule has 1 aromatic carbocycles. The van der Waals surface area contributed by atoms with E-state index in [0.29, 0.717) is 18.2 Å². The summed E-state index contributed by atoms with van der Waals surface area (Å²) >= 11 is 0. The Labute approximate surface area is 171 Å². The van der Waals surface area contributed by atoms with E-state index in [0.717, 1.165) is 44.2 Å². The maximum Gasteiger partial charge on any atom is 0.227 e. The first-order valence-electron chi connectivity index (χ1n) is 10.6. The lowest BCUT2D eigenvalue weighted by Gasteiger charge is -2.30. The number of hydrogen-bond acceptors (Lipinski definition) is 4. The molecular weight excluding hydrogens is 366 g/mol. The van der Waals surface area contributed by atoms with Gasteiger partial charge in [0, 0.05) is 24.6 Å². The summed E-state index contributed by atoms with van der Waals surface area (Å²) in [5.74, 6) is 1.19. The number of aryl methyl sites for hydroxylation is 1.